The number of aromatic nitrogens is 1. The van der Waals surface area contributed by atoms with Crippen LogP contribution in [0.3, 0.4) is 0 Å². The summed E-state index contributed by atoms with van der Waals surface area (Å²) in [4.78, 5) is 3.47. The van der Waals surface area contributed by atoms with Crippen LogP contribution in [0.1, 0.15) is 11.3 Å². The summed E-state index contributed by atoms with van der Waals surface area (Å²) in [5.41, 5.74) is 5.33. The van der Waals surface area contributed by atoms with Crippen LogP contribution in [-0.2, 0) is 0 Å². The Morgan fingerprint density at radius 3 is 2.21 bits per heavy atom. The van der Waals surface area contributed by atoms with Crippen LogP contribution in [-0.4, -0.2) is 4.98 Å². The van der Waals surface area contributed by atoms with E-state index in [2.05, 4.69) is 41.4 Å². The zero-order chi connectivity index (χ0) is 16.4. The zero-order valence-electron chi connectivity index (χ0n) is 13.0. The molecular weight excluding hydrogens is 297 g/mol. The molecule has 24 heavy (non-hydrogen) atoms. The quantitative estimate of drug-likeness (QED) is 0.467. The van der Waals surface area contributed by atoms with Gasteiger partial charge in [-0.2, -0.15) is 0 Å². The second-order valence-corrected chi connectivity index (χ2v) is 5.71. The first-order valence-corrected chi connectivity index (χ1v) is 7.91. The van der Waals surface area contributed by atoms with Gasteiger partial charge >= 0.3 is 0 Å². The third kappa shape index (κ3) is 2.74. The van der Waals surface area contributed by atoms with E-state index in [1.807, 2.05) is 42.5 Å². The van der Waals surface area contributed by atoms with Crippen molar-refractivity contribution in [3.63, 3.8) is 0 Å². The second-order valence-electron chi connectivity index (χ2n) is 5.71. The lowest BCUT2D eigenvalue weighted by Gasteiger charge is -2.02. The number of nitrogens with one attached hydrogen (secondary N) is 1. The van der Waals surface area contributed by atoms with Gasteiger partial charge in [0.1, 0.15) is 5.82 Å². The number of fused-ring (bicyclic) bond motifs is 1. The van der Waals surface area contributed by atoms with Gasteiger partial charge in [0.2, 0.25) is 0 Å². The van der Waals surface area contributed by atoms with Gasteiger partial charge < -0.3 is 4.98 Å². The van der Waals surface area contributed by atoms with Crippen LogP contribution >= 0.6 is 0 Å². The molecule has 0 saturated heterocycles. The normalized spacial score (nSPS) is 11.4. The van der Waals surface area contributed by atoms with Crippen LogP contribution in [0.4, 0.5) is 4.39 Å². The fourth-order valence-corrected chi connectivity index (χ4v) is 2.96. The molecule has 0 spiro atoms. The zero-order valence-corrected chi connectivity index (χ0v) is 13.0. The summed E-state index contributed by atoms with van der Waals surface area (Å²) in [6, 6.07) is 25.0. The fourth-order valence-electron chi connectivity index (χ4n) is 2.96. The van der Waals surface area contributed by atoms with Gasteiger partial charge in [-0.3, -0.25) is 0 Å². The van der Waals surface area contributed by atoms with E-state index >= 15 is 0 Å². The summed E-state index contributed by atoms with van der Waals surface area (Å²) in [6.45, 7) is 0. The first kappa shape index (κ1) is 14.5. The average Bonchev–Trinajstić information content (AvgIpc) is 3.00. The maximum atomic E-state index is 13.3. The molecule has 0 saturated carbocycles. The predicted octanol–water partition coefficient (Wildman–Crippen LogP) is 6.14. The van der Waals surface area contributed by atoms with Crippen molar-refractivity contribution < 1.29 is 4.39 Å². The summed E-state index contributed by atoms with van der Waals surface area (Å²) in [6.07, 6.45) is 4.16. The third-order valence-electron chi connectivity index (χ3n) is 4.11. The number of H-pyrrole nitrogens is 1. The predicted molar refractivity (Wildman–Crippen MR) is 99.1 cm³/mol. The fraction of sp³-hybridized carbons (Fsp3) is 0. The summed E-state index contributed by atoms with van der Waals surface area (Å²) in [5.74, 6) is -0.222. The number of para-hydroxylation sites is 1. The standard InChI is InChI=1S/C22H16FN/c23-18-13-11-17(12-14-18)22-19-8-4-5-9-20(19)24-21(22)15-10-16-6-2-1-3-7-16/h1-15,24H/b15-10+. The van der Waals surface area contributed by atoms with Gasteiger partial charge in [-0.05, 0) is 35.4 Å². The minimum absolute atomic E-state index is 0.222. The summed E-state index contributed by atoms with van der Waals surface area (Å²) in [5, 5.41) is 1.14. The van der Waals surface area contributed by atoms with Crippen LogP contribution in [0, 0.1) is 5.82 Å². The Hall–Kier alpha value is -3.13. The van der Waals surface area contributed by atoms with E-state index in [-0.39, 0.29) is 5.82 Å². The van der Waals surface area contributed by atoms with Crippen LogP contribution in [0.2, 0.25) is 0 Å². The molecule has 0 fully saturated rings. The van der Waals surface area contributed by atoms with Gasteiger partial charge in [0.15, 0.2) is 0 Å². The molecule has 1 aromatic heterocycles. The molecule has 0 unspecified atom stereocenters. The van der Waals surface area contributed by atoms with Crippen molar-refractivity contribution in [1.82, 2.24) is 4.98 Å². The SMILES string of the molecule is Fc1ccc(-c2c(/C=C/c3ccccc3)[nH]c3ccccc23)cc1. The van der Waals surface area contributed by atoms with Crippen molar-refractivity contribution in [2.75, 3.05) is 0 Å². The maximum Gasteiger partial charge on any atom is 0.123 e. The van der Waals surface area contributed by atoms with Gasteiger partial charge in [0.25, 0.3) is 0 Å². The number of halogens is 1. The number of aromatic amines is 1. The Morgan fingerprint density at radius 1 is 0.708 bits per heavy atom. The topological polar surface area (TPSA) is 15.8 Å². The number of hydrogen-bond donors (Lipinski definition) is 1. The molecule has 0 aliphatic rings. The molecule has 4 aromatic rings. The van der Waals surface area contributed by atoms with Gasteiger partial charge in [-0.1, -0.05) is 66.7 Å². The molecule has 116 valence electrons. The van der Waals surface area contributed by atoms with Crippen molar-refractivity contribution in [1.29, 1.82) is 0 Å². The number of hydrogen-bond acceptors (Lipinski definition) is 0. The molecular formula is C22H16FN. The summed E-state index contributed by atoms with van der Waals surface area (Å²) < 4.78 is 13.3. The summed E-state index contributed by atoms with van der Waals surface area (Å²) >= 11 is 0. The number of rotatable bonds is 3. The molecule has 0 aliphatic carbocycles. The molecule has 0 aliphatic heterocycles. The molecule has 0 radical (unpaired) electrons. The lowest BCUT2D eigenvalue weighted by atomic mass is 10.0. The van der Waals surface area contributed by atoms with E-state index in [0.717, 1.165) is 33.3 Å². The Bertz CT molecular complexity index is 995. The van der Waals surface area contributed by atoms with Gasteiger partial charge in [0.05, 0.1) is 0 Å². The van der Waals surface area contributed by atoms with Crippen molar-refractivity contribution in [2.24, 2.45) is 0 Å². The second kappa shape index (κ2) is 6.17. The van der Waals surface area contributed by atoms with Crippen LogP contribution < -0.4 is 0 Å². The lowest BCUT2D eigenvalue weighted by Crippen LogP contribution is -1.81. The Labute approximate surface area is 140 Å². The van der Waals surface area contributed by atoms with Crippen LogP contribution in [0.15, 0.2) is 78.9 Å². The maximum absolute atomic E-state index is 13.3. The average molecular weight is 313 g/mol. The van der Waals surface area contributed by atoms with Crippen molar-refractivity contribution in [3.8, 4) is 11.1 Å². The molecule has 0 atom stereocenters. The van der Waals surface area contributed by atoms with Crippen molar-refractivity contribution in [3.05, 3.63) is 95.9 Å². The van der Waals surface area contributed by atoms with Gasteiger partial charge in [-0.25, -0.2) is 4.39 Å². The van der Waals surface area contributed by atoms with Crippen molar-refractivity contribution >= 4 is 23.1 Å². The molecule has 0 bridgehead atoms. The van der Waals surface area contributed by atoms with Crippen LogP contribution in [0.25, 0.3) is 34.2 Å². The molecule has 3 aromatic carbocycles. The molecule has 1 heterocycles. The van der Waals surface area contributed by atoms with E-state index in [1.165, 1.54) is 12.1 Å². The Kier molecular flexibility index (Phi) is 3.72. The Balaban J connectivity index is 1.87. The van der Waals surface area contributed by atoms with E-state index in [9.17, 15) is 4.39 Å². The molecule has 1 N–H and O–H groups in total. The highest BCUT2D eigenvalue weighted by atomic mass is 19.1. The van der Waals surface area contributed by atoms with Crippen molar-refractivity contribution in [2.45, 2.75) is 0 Å². The monoisotopic (exact) mass is 313 g/mol. The van der Waals surface area contributed by atoms with E-state index in [4.69, 9.17) is 0 Å². The lowest BCUT2D eigenvalue weighted by molar-refractivity contribution is 0.628. The summed E-state index contributed by atoms with van der Waals surface area (Å²) in [7, 11) is 0. The van der Waals surface area contributed by atoms with E-state index in [0.29, 0.717) is 0 Å². The molecule has 2 heteroatoms. The highest BCUT2D eigenvalue weighted by molar-refractivity contribution is 6.01. The first-order chi connectivity index (χ1) is 11.8. The third-order valence-corrected chi connectivity index (χ3v) is 4.11. The Morgan fingerprint density at radius 2 is 1.42 bits per heavy atom. The molecule has 1 nitrogen and oxygen atoms in total. The smallest absolute Gasteiger partial charge is 0.123 e. The van der Waals surface area contributed by atoms with E-state index < -0.39 is 0 Å². The molecule has 4 rings (SSSR count). The minimum atomic E-state index is -0.222. The van der Waals surface area contributed by atoms with Gasteiger partial charge in [-0.15, -0.1) is 0 Å². The largest absolute Gasteiger partial charge is 0.354 e. The minimum Gasteiger partial charge on any atom is -0.354 e. The van der Waals surface area contributed by atoms with E-state index in [1.54, 1.807) is 0 Å². The highest BCUT2D eigenvalue weighted by Crippen LogP contribution is 2.33. The molecule has 0 amide bonds. The first-order valence-electron chi connectivity index (χ1n) is 7.91. The van der Waals surface area contributed by atoms with Crippen LogP contribution in [0.5, 0.6) is 0 Å². The number of benzene rings is 3. The van der Waals surface area contributed by atoms with Gasteiger partial charge in [0, 0.05) is 22.2 Å². The highest BCUT2D eigenvalue weighted by Gasteiger charge is 2.11.